The molecule has 0 spiro atoms. The molecule has 7 nitrogen and oxygen atoms in total. The SMILES string of the molecule is COCCC(CCOCc1ccccc1)Cn1nnc2c(C)c(/C=C/C(=O)O)ccc21. The number of aryl methyl sites for hydroxylation is 1. The van der Waals surface area contributed by atoms with Crippen LogP contribution in [0.25, 0.3) is 17.1 Å². The second kappa shape index (κ2) is 11.4. The number of carboxylic acid groups (broad SMARTS) is 1. The van der Waals surface area contributed by atoms with Gasteiger partial charge in [-0.2, -0.15) is 0 Å². The Kier molecular flexibility index (Phi) is 8.32. The normalized spacial score (nSPS) is 12.6. The number of benzene rings is 2. The fourth-order valence-electron chi connectivity index (χ4n) is 3.53. The Morgan fingerprint density at radius 1 is 1.16 bits per heavy atom. The molecular formula is C24H29N3O4. The maximum absolute atomic E-state index is 10.8. The molecule has 3 rings (SSSR count). The van der Waals surface area contributed by atoms with Crippen LogP contribution < -0.4 is 0 Å². The Bertz CT molecular complexity index is 1010. The summed E-state index contributed by atoms with van der Waals surface area (Å²) >= 11 is 0. The highest BCUT2D eigenvalue weighted by molar-refractivity contribution is 5.88. The summed E-state index contributed by atoms with van der Waals surface area (Å²) in [4.78, 5) is 10.8. The van der Waals surface area contributed by atoms with Gasteiger partial charge >= 0.3 is 5.97 Å². The minimum absolute atomic E-state index is 0.340. The van der Waals surface area contributed by atoms with Crippen LogP contribution in [0.2, 0.25) is 0 Å². The molecule has 0 amide bonds. The van der Waals surface area contributed by atoms with E-state index < -0.39 is 5.97 Å². The predicted molar refractivity (Wildman–Crippen MR) is 120 cm³/mol. The molecule has 2 aromatic carbocycles. The van der Waals surface area contributed by atoms with Crippen LogP contribution in [0.1, 0.15) is 29.5 Å². The first-order valence-electron chi connectivity index (χ1n) is 10.4. The zero-order chi connectivity index (χ0) is 22.1. The second-order valence-electron chi connectivity index (χ2n) is 7.57. The number of nitrogens with zero attached hydrogens (tertiary/aromatic N) is 3. The van der Waals surface area contributed by atoms with Crippen molar-refractivity contribution in [3.8, 4) is 0 Å². The molecular weight excluding hydrogens is 394 g/mol. The first-order chi connectivity index (χ1) is 15.1. The fraction of sp³-hybridized carbons (Fsp3) is 0.375. The van der Waals surface area contributed by atoms with Crippen LogP contribution >= 0.6 is 0 Å². The average molecular weight is 424 g/mol. The third kappa shape index (κ3) is 6.47. The highest BCUT2D eigenvalue weighted by Gasteiger charge is 2.15. The van der Waals surface area contributed by atoms with Crippen molar-refractivity contribution in [1.82, 2.24) is 15.0 Å². The molecule has 0 saturated heterocycles. The molecule has 0 aliphatic heterocycles. The quantitative estimate of drug-likeness (QED) is 0.349. The Balaban J connectivity index is 1.65. The Morgan fingerprint density at radius 3 is 2.68 bits per heavy atom. The molecule has 1 unspecified atom stereocenters. The summed E-state index contributed by atoms with van der Waals surface area (Å²) < 4.78 is 13.1. The molecule has 3 aromatic rings. The highest BCUT2D eigenvalue weighted by Crippen LogP contribution is 2.23. The van der Waals surface area contributed by atoms with Gasteiger partial charge in [-0.25, -0.2) is 9.48 Å². The van der Waals surface area contributed by atoms with Gasteiger partial charge in [-0.3, -0.25) is 0 Å². The van der Waals surface area contributed by atoms with Crippen molar-refractivity contribution < 1.29 is 19.4 Å². The van der Waals surface area contributed by atoms with E-state index in [0.29, 0.717) is 25.7 Å². The van der Waals surface area contributed by atoms with Crippen molar-refractivity contribution in [2.45, 2.75) is 32.9 Å². The van der Waals surface area contributed by atoms with Crippen LogP contribution in [-0.4, -0.2) is 46.4 Å². The lowest BCUT2D eigenvalue weighted by molar-refractivity contribution is -0.131. The fourth-order valence-corrected chi connectivity index (χ4v) is 3.53. The summed E-state index contributed by atoms with van der Waals surface area (Å²) in [7, 11) is 1.71. The van der Waals surface area contributed by atoms with E-state index in [1.807, 2.05) is 41.9 Å². The summed E-state index contributed by atoms with van der Waals surface area (Å²) in [5.74, 6) is -0.633. The number of aliphatic carboxylic acids is 1. The lowest BCUT2D eigenvalue weighted by atomic mass is 10.0. The van der Waals surface area contributed by atoms with E-state index in [4.69, 9.17) is 14.6 Å². The summed E-state index contributed by atoms with van der Waals surface area (Å²) in [5, 5.41) is 17.6. The van der Waals surface area contributed by atoms with Gasteiger partial charge in [0.25, 0.3) is 0 Å². The molecule has 0 saturated carbocycles. The van der Waals surface area contributed by atoms with E-state index in [9.17, 15) is 4.79 Å². The standard InChI is InChI=1S/C24H29N3O4/c1-18-21(9-11-23(28)29)8-10-22-24(18)25-26-27(22)16-19(12-14-30-2)13-15-31-17-20-6-4-3-5-7-20/h3-11,19H,12-17H2,1-2H3,(H,28,29)/b11-9+. The zero-order valence-electron chi connectivity index (χ0n) is 18.0. The number of hydrogen-bond acceptors (Lipinski definition) is 5. The molecule has 0 radical (unpaired) electrons. The summed E-state index contributed by atoms with van der Waals surface area (Å²) in [6.07, 6.45) is 4.53. The van der Waals surface area contributed by atoms with Crippen LogP contribution in [-0.2, 0) is 27.4 Å². The number of carboxylic acids is 1. The highest BCUT2D eigenvalue weighted by atomic mass is 16.5. The number of rotatable bonds is 12. The van der Waals surface area contributed by atoms with E-state index in [0.717, 1.165) is 47.6 Å². The lowest BCUT2D eigenvalue weighted by Crippen LogP contribution is -2.16. The molecule has 7 heteroatoms. The number of carbonyl (C=O) groups is 1. The van der Waals surface area contributed by atoms with Gasteiger partial charge in [0, 0.05) is 32.9 Å². The van der Waals surface area contributed by atoms with Gasteiger partial charge in [0.15, 0.2) is 0 Å². The molecule has 0 aliphatic rings. The van der Waals surface area contributed by atoms with Gasteiger partial charge in [0.2, 0.25) is 0 Å². The van der Waals surface area contributed by atoms with E-state index in [1.165, 1.54) is 5.56 Å². The second-order valence-corrected chi connectivity index (χ2v) is 7.57. The first kappa shape index (κ1) is 22.7. The maximum Gasteiger partial charge on any atom is 0.328 e. The third-order valence-corrected chi connectivity index (χ3v) is 5.33. The van der Waals surface area contributed by atoms with Gasteiger partial charge in [-0.05, 0) is 54.5 Å². The number of hydrogen-bond donors (Lipinski definition) is 1. The van der Waals surface area contributed by atoms with Crippen molar-refractivity contribution in [3.05, 3.63) is 65.2 Å². The maximum atomic E-state index is 10.8. The Morgan fingerprint density at radius 2 is 1.94 bits per heavy atom. The first-order valence-corrected chi connectivity index (χ1v) is 10.4. The Labute approximate surface area is 182 Å². The topological polar surface area (TPSA) is 86.5 Å². The predicted octanol–water partition coefficient (Wildman–Crippen LogP) is 4.10. The summed E-state index contributed by atoms with van der Waals surface area (Å²) in [6, 6.07) is 14.0. The van der Waals surface area contributed by atoms with Crippen LogP contribution in [0, 0.1) is 12.8 Å². The van der Waals surface area contributed by atoms with Crippen molar-refractivity contribution in [3.63, 3.8) is 0 Å². The molecule has 0 aliphatic carbocycles. The molecule has 31 heavy (non-hydrogen) atoms. The number of fused-ring (bicyclic) bond motifs is 1. The van der Waals surface area contributed by atoms with Gasteiger partial charge < -0.3 is 14.6 Å². The number of aromatic nitrogens is 3. The minimum Gasteiger partial charge on any atom is -0.478 e. The van der Waals surface area contributed by atoms with Gasteiger partial charge in [0.1, 0.15) is 5.52 Å². The van der Waals surface area contributed by atoms with Crippen LogP contribution in [0.15, 0.2) is 48.5 Å². The molecule has 164 valence electrons. The summed E-state index contributed by atoms with van der Waals surface area (Å²) in [6.45, 7) is 4.61. The van der Waals surface area contributed by atoms with E-state index in [-0.39, 0.29) is 0 Å². The van der Waals surface area contributed by atoms with Crippen molar-refractivity contribution in [1.29, 1.82) is 0 Å². The molecule has 1 N–H and O–H groups in total. The van der Waals surface area contributed by atoms with Crippen molar-refractivity contribution in [2.75, 3.05) is 20.3 Å². The molecule has 0 fully saturated rings. The third-order valence-electron chi connectivity index (χ3n) is 5.33. The largest absolute Gasteiger partial charge is 0.478 e. The molecule has 0 bridgehead atoms. The van der Waals surface area contributed by atoms with E-state index >= 15 is 0 Å². The molecule has 1 atom stereocenters. The van der Waals surface area contributed by atoms with Gasteiger partial charge in [-0.15, -0.1) is 5.10 Å². The van der Waals surface area contributed by atoms with Crippen molar-refractivity contribution >= 4 is 23.1 Å². The van der Waals surface area contributed by atoms with Crippen LogP contribution in [0.3, 0.4) is 0 Å². The van der Waals surface area contributed by atoms with Crippen molar-refractivity contribution in [2.24, 2.45) is 5.92 Å². The smallest absolute Gasteiger partial charge is 0.328 e. The Hall–Kier alpha value is -3.03. The average Bonchev–Trinajstić information content (AvgIpc) is 3.18. The minimum atomic E-state index is -0.974. The molecule has 1 heterocycles. The van der Waals surface area contributed by atoms with E-state index in [2.05, 4.69) is 22.4 Å². The lowest BCUT2D eigenvalue weighted by Gasteiger charge is -2.17. The van der Waals surface area contributed by atoms with Crippen LogP contribution in [0.4, 0.5) is 0 Å². The van der Waals surface area contributed by atoms with Crippen LogP contribution in [0.5, 0.6) is 0 Å². The zero-order valence-corrected chi connectivity index (χ0v) is 18.0. The molecule has 1 aromatic heterocycles. The number of methoxy groups -OCH3 is 1. The summed E-state index contributed by atoms with van der Waals surface area (Å²) in [5.41, 5.74) is 4.64. The van der Waals surface area contributed by atoms with Gasteiger partial charge in [0.05, 0.1) is 12.1 Å². The van der Waals surface area contributed by atoms with Gasteiger partial charge in [-0.1, -0.05) is 41.6 Å². The van der Waals surface area contributed by atoms with E-state index in [1.54, 1.807) is 13.2 Å². The monoisotopic (exact) mass is 423 g/mol. The number of ether oxygens (including phenoxy) is 2.